The maximum absolute atomic E-state index is 10.0. The van der Waals surface area contributed by atoms with E-state index < -0.39 is 6.10 Å². The van der Waals surface area contributed by atoms with Crippen molar-refractivity contribution in [3.63, 3.8) is 0 Å². The Morgan fingerprint density at radius 2 is 2.18 bits per heavy atom. The third-order valence-corrected chi connectivity index (χ3v) is 2.57. The lowest BCUT2D eigenvalue weighted by Crippen LogP contribution is -2.10. The molecule has 2 rings (SSSR count). The molecule has 0 aliphatic carbocycles. The Morgan fingerprint density at radius 3 is 2.88 bits per heavy atom. The summed E-state index contributed by atoms with van der Waals surface area (Å²) in [5.74, 6) is 0.880. The van der Waals surface area contributed by atoms with Crippen LogP contribution < -0.4 is 0 Å². The summed E-state index contributed by atoms with van der Waals surface area (Å²) in [6.45, 7) is 3.03. The number of hydrogen-bond donors (Lipinski definition) is 1. The molecule has 1 unspecified atom stereocenters. The molecule has 5 heteroatoms. The van der Waals surface area contributed by atoms with Gasteiger partial charge >= 0.3 is 0 Å². The van der Waals surface area contributed by atoms with Crippen LogP contribution in [0.4, 0.5) is 0 Å². The summed E-state index contributed by atoms with van der Waals surface area (Å²) < 4.78 is 2.06. The van der Waals surface area contributed by atoms with Crippen LogP contribution in [-0.2, 0) is 13.0 Å². The molecule has 2 aromatic rings. The maximum Gasteiger partial charge on any atom is 0.111 e. The Labute approximate surface area is 100 Å². The number of nitrogens with zero attached hydrogens (tertiary/aromatic N) is 4. The third-order valence-electron chi connectivity index (χ3n) is 2.57. The van der Waals surface area contributed by atoms with E-state index in [0.717, 1.165) is 18.8 Å². The predicted molar refractivity (Wildman–Crippen MR) is 63.2 cm³/mol. The highest BCUT2D eigenvalue weighted by Crippen LogP contribution is 2.14. The normalized spacial score (nSPS) is 12.6. The first-order valence-corrected chi connectivity index (χ1v) is 5.75. The number of rotatable bonds is 5. The zero-order chi connectivity index (χ0) is 12.1. The van der Waals surface area contributed by atoms with Gasteiger partial charge in [-0.15, -0.1) is 0 Å². The molecule has 1 atom stereocenters. The van der Waals surface area contributed by atoms with Crippen molar-refractivity contribution in [3.8, 4) is 0 Å². The number of hydrogen-bond acceptors (Lipinski definition) is 4. The van der Waals surface area contributed by atoms with E-state index in [1.807, 2.05) is 6.20 Å². The van der Waals surface area contributed by atoms with Crippen LogP contribution in [0.25, 0.3) is 0 Å². The van der Waals surface area contributed by atoms with Gasteiger partial charge in [0.15, 0.2) is 0 Å². The molecular weight excluding hydrogens is 216 g/mol. The second kappa shape index (κ2) is 5.54. The second-order valence-corrected chi connectivity index (χ2v) is 3.89. The molecule has 0 aliphatic rings. The van der Waals surface area contributed by atoms with Crippen LogP contribution >= 0.6 is 0 Å². The molecule has 0 spiro atoms. The molecule has 2 aromatic heterocycles. The van der Waals surface area contributed by atoms with Crippen LogP contribution in [0.15, 0.2) is 31.0 Å². The summed E-state index contributed by atoms with van der Waals surface area (Å²) in [6.07, 6.45) is 9.30. The van der Waals surface area contributed by atoms with Gasteiger partial charge in [0.2, 0.25) is 0 Å². The molecule has 5 nitrogen and oxygen atoms in total. The van der Waals surface area contributed by atoms with Crippen LogP contribution in [0.5, 0.6) is 0 Å². The first-order chi connectivity index (χ1) is 8.31. The Balaban J connectivity index is 2.08. The van der Waals surface area contributed by atoms with E-state index in [4.69, 9.17) is 0 Å². The largest absolute Gasteiger partial charge is 0.386 e. The summed E-state index contributed by atoms with van der Waals surface area (Å²) in [7, 11) is 0. The minimum Gasteiger partial charge on any atom is -0.386 e. The fourth-order valence-electron chi connectivity index (χ4n) is 1.73. The molecule has 2 heterocycles. The average Bonchev–Trinajstić information content (AvgIpc) is 2.78. The SMILES string of the molecule is CCCn1ccnc1CC(O)c1cnccn1. The number of imidazole rings is 1. The van der Waals surface area contributed by atoms with Gasteiger partial charge in [0.05, 0.1) is 11.9 Å². The zero-order valence-electron chi connectivity index (χ0n) is 9.82. The smallest absolute Gasteiger partial charge is 0.111 e. The van der Waals surface area contributed by atoms with Crippen molar-refractivity contribution in [3.05, 3.63) is 42.5 Å². The molecular formula is C12H16N4O. The van der Waals surface area contributed by atoms with E-state index >= 15 is 0 Å². The molecule has 0 saturated carbocycles. The fourth-order valence-corrected chi connectivity index (χ4v) is 1.73. The standard InChI is InChI=1S/C12H16N4O/c1-2-6-16-7-5-15-12(16)8-11(17)10-9-13-3-4-14-10/h3-5,7,9,11,17H,2,6,8H2,1H3. The number of aryl methyl sites for hydroxylation is 1. The van der Waals surface area contributed by atoms with Crippen molar-refractivity contribution in [2.24, 2.45) is 0 Å². The maximum atomic E-state index is 10.0. The van der Waals surface area contributed by atoms with Gasteiger partial charge in [0.1, 0.15) is 11.9 Å². The minimum atomic E-state index is -0.651. The lowest BCUT2D eigenvalue weighted by atomic mass is 10.2. The summed E-state index contributed by atoms with van der Waals surface area (Å²) in [5, 5.41) is 10.0. The molecule has 1 N–H and O–H groups in total. The van der Waals surface area contributed by atoms with Crippen molar-refractivity contribution in [1.29, 1.82) is 0 Å². The number of aromatic nitrogens is 4. The average molecular weight is 232 g/mol. The summed E-state index contributed by atoms with van der Waals surface area (Å²) in [6, 6.07) is 0. The lowest BCUT2D eigenvalue weighted by Gasteiger charge is -2.10. The molecule has 0 aromatic carbocycles. The van der Waals surface area contributed by atoms with Gasteiger partial charge in [-0.3, -0.25) is 9.97 Å². The van der Waals surface area contributed by atoms with Gasteiger partial charge in [-0.2, -0.15) is 0 Å². The quantitative estimate of drug-likeness (QED) is 0.845. The highest BCUT2D eigenvalue weighted by atomic mass is 16.3. The topological polar surface area (TPSA) is 63.8 Å². The Hall–Kier alpha value is -1.75. The lowest BCUT2D eigenvalue weighted by molar-refractivity contribution is 0.169. The zero-order valence-corrected chi connectivity index (χ0v) is 9.82. The van der Waals surface area contributed by atoms with Crippen molar-refractivity contribution in [2.45, 2.75) is 32.4 Å². The summed E-state index contributed by atoms with van der Waals surface area (Å²) in [5.41, 5.74) is 0.582. The van der Waals surface area contributed by atoms with Crippen LogP contribution in [0, 0.1) is 0 Å². The first kappa shape index (κ1) is 11.7. The predicted octanol–water partition coefficient (Wildman–Crippen LogP) is 1.36. The van der Waals surface area contributed by atoms with Crippen molar-refractivity contribution >= 4 is 0 Å². The van der Waals surface area contributed by atoms with E-state index in [1.165, 1.54) is 0 Å². The minimum absolute atomic E-state index is 0.464. The van der Waals surface area contributed by atoms with Crippen LogP contribution in [0.2, 0.25) is 0 Å². The monoisotopic (exact) mass is 232 g/mol. The Morgan fingerprint density at radius 1 is 1.29 bits per heavy atom. The van der Waals surface area contributed by atoms with Crippen molar-refractivity contribution in [2.75, 3.05) is 0 Å². The van der Waals surface area contributed by atoms with Crippen molar-refractivity contribution < 1.29 is 5.11 Å². The van der Waals surface area contributed by atoms with E-state index in [0.29, 0.717) is 12.1 Å². The summed E-state index contributed by atoms with van der Waals surface area (Å²) >= 11 is 0. The highest BCUT2D eigenvalue weighted by molar-refractivity contribution is 5.04. The Kier molecular flexibility index (Phi) is 3.82. The van der Waals surface area contributed by atoms with Crippen LogP contribution in [-0.4, -0.2) is 24.6 Å². The van der Waals surface area contributed by atoms with E-state index in [2.05, 4.69) is 26.4 Å². The third kappa shape index (κ3) is 2.88. The van der Waals surface area contributed by atoms with Gasteiger partial charge < -0.3 is 9.67 Å². The Bertz CT molecular complexity index is 455. The van der Waals surface area contributed by atoms with Crippen LogP contribution in [0.1, 0.15) is 31.0 Å². The molecule has 0 amide bonds. The first-order valence-electron chi connectivity index (χ1n) is 5.75. The highest BCUT2D eigenvalue weighted by Gasteiger charge is 2.13. The fraction of sp³-hybridized carbons (Fsp3) is 0.417. The molecule has 0 fully saturated rings. The molecule has 90 valence electrons. The van der Waals surface area contributed by atoms with Gasteiger partial charge in [0.25, 0.3) is 0 Å². The second-order valence-electron chi connectivity index (χ2n) is 3.89. The van der Waals surface area contributed by atoms with E-state index in [-0.39, 0.29) is 0 Å². The molecule has 0 saturated heterocycles. The van der Waals surface area contributed by atoms with Crippen LogP contribution in [0.3, 0.4) is 0 Å². The van der Waals surface area contributed by atoms with Crippen molar-refractivity contribution in [1.82, 2.24) is 19.5 Å². The summed E-state index contributed by atoms with van der Waals surface area (Å²) in [4.78, 5) is 12.3. The number of aliphatic hydroxyl groups is 1. The molecule has 0 radical (unpaired) electrons. The van der Waals surface area contributed by atoms with Gasteiger partial charge in [0, 0.05) is 37.8 Å². The van der Waals surface area contributed by atoms with Gasteiger partial charge in [-0.25, -0.2) is 4.98 Å². The van der Waals surface area contributed by atoms with Gasteiger partial charge in [-0.05, 0) is 6.42 Å². The molecule has 0 aliphatic heterocycles. The van der Waals surface area contributed by atoms with E-state index in [9.17, 15) is 5.11 Å². The van der Waals surface area contributed by atoms with E-state index in [1.54, 1.807) is 24.8 Å². The molecule has 0 bridgehead atoms. The number of aliphatic hydroxyl groups excluding tert-OH is 1. The molecule has 17 heavy (non-hydrogen) atoms. The van der Waals surface area contributed by atoms with Gasteiger partial charge in [-0.1, -0.05) is 6.92 Å².